The van der Waals surface area contributed by atoms with E-state index in [1.165, 1.54) is 5.56 Å². The lowest BCUT2D eigenvalue weighted by molar-refractivity contribution is -0.121. The van der Waals surface area contributed by atoms with E-state index in [-0.39, 0.29) is 17.7 Å². The van der Waals surface area contributed by atoms with Crippen molar-refractivity contribution >= 4 is 17.5 Å². The first-order valence-corrected chi connectivity index (χ1v) is 10.3. The van der Waals surface area contributed by atoms with Crippen LogP contribution in [0.15, 0.2) is 54.7 Å². The maximum atomic E-state index is 12.9. The predicted molar refractivity (Wildman–Crippen MR) is 115 cm³/mol. The number of aryl methyl sites for hydroxylation is 1. The van der Waals surface area contributed by atoms with Crippen LogP contribution in [0.25, 0.3) is 11.4 Å². The minimum absolute atomic E-state index is 0.0458. The van der Waals surface area contributed by atoms with Crippen molar-refractivity contribution in [2.75, 3.05) is 18.4 Å². The molecule has 30 heavy (non-hydrogen) atoms. The largest absolute Gasteiger partial charge is 0.337 e. The molecule has 0 radical (unpaired) electrons. The van der Waals surface area contributed by atoms with Gasteiger partial charge in [0.2, 0.25) is 5.91 Å². The van der Waals surface area contributed by atoms with E-state index in [0.29, 0.717) is 30.2 Å². The summed E-state index contributed by atoms with van der Waals surface area (Å²) in [5.74, 6) is -0.420. The minimum Gasteiger partial charge on any atom is -0.337 e. The molecule has 1 unspecified atom stereocenters. The Hall–Kier alpha value is -3.48. The van der Waals surface area contributed by atoms with Gasteiger partial charge in [-0.15, -0.1) is 0 Å². The van der Waals surface area contributed by atoms with E-state index in [4.69, 9.17) is 0 Å². The topological polar surface area (TPSA) is 91.0 Å². The number of nitrogens with one attached hydrogen (secondary N) is 2. The van der Waals surface area contributed by atoms with Crippen LogP contribution >= 0.6 is 0 Å². The molecule has 0 aliphatic carbocycles. The van der Waals surface area contributed by atoms with Gasteiger partial charge in [0.05, 0.1) is 11.6 Å². The average molecular weight is 403 g/mol. The third-order valence-corrected chi connectivity index (χ3v) is 5.44. The number of aromatic nitrogens is 3. The molecule has 1 atom stereocenters. The summed E-state index contributed by atoms with van der Waals surface area (Å²) in [6, 6.07) is 15.1. The smallest absolute Gasteiger partial charge is 0.271 e. The van der Waals surface area contributed by atoms with Crippen molar-refractivity contribution in [3.63, 3.8) is 0 Å². The number of rotatable bonds is 5. The van der Waals surface area contributed by atoms with Gasteiger partial charge in [-0.1, -0.05) is 25.1 Å². The lowest BCUT2D eigenvalue weighted by atomic mass is 9.96. The molecule has 1 fully saturated rings. The first-order chi connectivity index (χ1) is 14.6. The summed E-state index contributed by atoms with van der Waals surface area (Å²) in [5, 5.41) is 10.0. The van der Waals surface area contributed by atoms with E-state index in [2.05, 4.69) is 27.4 Å². The minimum atomic E-state index is -0.230. The maximum Gasteiger partial charge on any atom is 0.271 e. The number of likely N-dealkylation sites (tertiary alicyclic amines) is 1. The van der Waals surface area contributed by atoms with Crippen LogP contribution in [0, 0.1) is 5.92 Å². The highest BCUT2D eigenvalue weighted by molar-refractivity contribution is 5.95. The van der Waals surface area contributed by atoms with Crippen molar-refractivity contribution in [1.29, 1.82) is 0 Å². The number of amides is 2. The molecule has 2 aromatic heterocycles. The summed E-state index contributed by atoms with van der Waals surface area (Å²) < 4.78 is 0. The fourth-order valence-electron chi connectivity index (χ4n) is 3.69. The highest BCUT2D eigenvalue weighted by atomic mass is 16.2. The molecular formula is C23H25N5O2. The van der Waals surface area contributed by atoms with Gasteiger partial charge < -0.3 is 10.2 Å². The van der Waals surface area contributed by atoms with Gasteiger partial charge >= 0.3 is 0 Å². The average Bonchev–Trinajstić information content (AvgIpc) is 3.30. The Balaban J connectivity index is 1.40. The van der Waals surface area contributed by atoms with E-state index in [9.17, 15) is 9.59 Å². The Morgan fingerprint density at radius 1 is 1.17 bits per heavy atom. The van der Waals surface area contributed by atoms with Gasteiger partial charge in [0.15, 0.2) is 0 Å². The number of aromatic amines is 1. The number of anilines is 1. The van der Waals surface area contributed by atoms with Crippen molar-refractivity contribution in [3.8, 4) is 11.4 Å². The Morgan fingerprint density at radius 2 is 2.00 bits per heavy atom. The van der Waals surface area contributed by atoms with Gasteiger partial charge in [0.1, 0.15) is 11.4 Å². The summed E-state index contributed by atoms with van der Waals surface area (Å²) in [7, 11) is 0. The fourth-order valence-corrected chi connectivity index (χ4v) is 3.69. The number of carbonyl (C=O) groups is 2. The number of carbonyl (C=O) groups excluding carboxylic acids is 2. The number of H-pyrrole nitrogens is 1. The molecule has 3 aromatic rings. The number of hydrogen-bond acceptors (Lipinski definition) is 4. The van der Waals surface area contributed by atoms with Gasteiger partial charge in [-0.2, -0.15) is 5.10 Å². The Bertz CT molecular complexity index is 1010. The zero-order chi connectivity index (χ0) is 20.9. The zero-order valence-electron chi connectivity index (χ0n) is 17.0. The van der Waals surface area contributed by atoms with Crippen molar-refractivity contribution in [2.24, 2.45) is 5.92 Å². The summed E-state index contributed by atoms with van der Waals surface area (Å²) in [6.45, 7) is 3.13. The van der Waals surface area contributed by atoms with Crippen molar-refractivity contribution in [1.82, 2.24) is 20.1 Å². The normalized spacial score (nSPS) is 16.3. The van der Waals surface area contributed by atoms with E-state index in [0.717, 1.165) is 24.9 Å². The lowest BCUT2D eigenvalue weighted by Crippen LogP contribution is -2.43. The molecule has 2 N–H and O–H groups in total. The van der Waals surface area contributed by atoms with Crippen molar-refractivity contribution in [3.05, 3.63) is 66.0 Å². The van der Waals surface area contributed by atoms with Crippen LogP contribution in [0.1, 0.15) is 35.8 Å². The monoisotopic (exact) mass is 403 g/mol. The molecule has 1 aliphatic heterocycles. The third-order valence-electron chi connectivity index (χ3n) is 5.44. The molecule has 0 spiro atoms. The second-order valence-electron chi connectivity index (χ2n) is 7.51. The number of benzene rings is 1. The molecule has 4 rings (SSSR count). The van der Waals surface area contributed by atoms with Gasteiger partial charge in [-0.05, 0) is 55.2 Å². The molecule has 0 bridgehead atoms. The molecule has 1 aliphatic rings. The van der Waals surface area contributed by atoms with Crippen LogP contribution in [0.2, 0.25) is 0 Å². The molecule has 3 heterocycles. The number of piperidine rings is 1. The Labute approximate surface area is 175 Å². The second kappa shape index (κ2) is 8.90. The SMILES string of the molecule is CCc1ccc(NC(=O)C2CCCN(C(=O)c3cc(-c4ccccn4)n[nH]3)C2)cc1. The molecule has 7 nitrogen and oxygen atoms in total. The van der Waals surface area contributed by atoms with Crippen molar-refractivity contribution < 1.29 is 9.59 Å². The fraction of sp³-hybridized carbons (Fsp3) is 0.304. The Kier molecular flexibility index (Phi) is 5.88. The van der Waals surface area contributed by atoms with Crippen LogP contribution in [0.5, 0.6) is 0 Å². The maximum absolute atomic E-state index is 12.9. The van der Waals surface area contributed by atoms with Crippen LogP contribution < -0.4 is 5.32 Å². The van der Waals surface area contributed by atoms with Crippen LogP contribution in [0.3, 0.4) is 0 Å². The van der Waals surface area contributed by atoms with Gasteiger partial charge in [0.25, 0.3) is 5.91 Å². The first kappa shape index (κ1) is 19.8. The predicted octanol–water partition coefficient (Wildman–Crippen LogP) is 3.53. The molecule has 2 amide bonds. The molecule has 7 heteroatoms. The summed E-state index contributed by atoms with van der Waals surface area (Å²) in [4.78, 5) is 31.7. The van der Waals surface area contributed by atoms with E-state index < -0.39 is 0 Å². The number of hydrogen-bond donors (Lipinski definition) is 2. The van der Waals surface area contributed by atoms with Gasteiger partial charge in [0, 0.05) is 25.0 Å². The summed E-state index contributed by atoms with van der Waals surface area (Å²) in [5.41, 5.74) is 3.76. The number of pyridine rings is 1. The van der Waals surface area contributed by atoms with E-state index in [1.54, 1.807) is 17.2 Å². The van der Waals surface area contributed by atoms with Crippen LogP contribution in [-0.4, -0.2) is 45.0 Å². The summed E-state index contributed by atoms with van der Waals surface area (Å²) in [6.07, 6.45) is 4.21. The summed E-state index contributed by atoms with van der Waals surface area (Å²) >= 11 is 0. The highest BCUT2D eigenvalue weighted by Crippen LogP contribution is 2.22. The standard InChI is InChI=1S/C23H25N5O2/c1-2-16-8-10-18(11-9-16)25-22(29)17-6-5-13-28(15-17)23(30)21-14-20(26-27-21)19-7-3-4-12-24-19/h3-4,7-12,14,17H,2,5-6,13,15H2,1H3,(H,25,29)(H,26,27). The third kappa shape index (κ3) is 4.40. The van der Waals surface area contributed by atoms with E-state index >= 15 is 0 Å². The molecule has 1 saturated heterocycles. The molecular weight excluding hydrogens is 378 g/mol. The molecule has 1 aromatic carbocycles. The van der Waals surface area contributed by atoms with Crippen molar-refractivity contribution in [2.45, 2.75) is 26.2 Å². The van der Waals surface area contributed by atoms with Crippen LogP contribution in [-0.2, 0) is 11.2 Å². The quantitative estimate of drug-likeness (QED) is 0.682. The Morgan fingerprint density at radius 3 is 2.73 bits per heavy atom. The molecule has 154 valence electrons. The zero-order valence-corrected chi connectivity index (χ0v) is 17.0. The first-order valence-electron chi connectivity index (χ1n) is 10.3. The second-order valence-corrected chi connectivity index (χ2v) is 7.51. The van der Waals surface area contributed by atoms with Gasteiger partial charge in [-0.25, -0.2) is 0 Å². The highest BCUT2D eigenvalue weighted by Gasteiger charge is 2.29. The number of nitrogens with zero attached hydrogens (tertiary/aromatic N) is 3. The lowest BCUT2D eigenvalue weighted by Gasteiger charge is -2.31. The van der Waals surface area contributed by atoms with E-state index in [1.807, 2.05) is 42.5 Å². The van der Waals surface area contributed by atoms with Crippen LogP contribution in [0.4, 0.5) is 5.69 Å². The van der Waals surface area contributed by atoms with Gasteiger partial charge in [-0.3, -0.25) is 19.7 Å². The molecule has 0 saturated carbocycles.